The third kappa shape index (κ3) is 2.60. The second-order valence-corrected chi connectivity index (χ2v) is 5.39. The van der Waals surface area contributed by atoms with Crippen molar-refractivity contribution in [2.24, 2.45) is 0 Å². The molecule has 1 aromatic heterocycles. The number of ketones is 1. The van der Waals surface area contributed by atoms with Gasteiger partial charge in [-0.15, -0.1) is 0 Å². The van der Waals surface area contributed by atoms with Crippen molar-refractivity contribution in [2.75, 3.05) is 5.73 Å². The molecule has 3 rings (SSSR count). The molecule has 3 aromatic rings. The summed E-state index contributed by atoms with van der Waals surface area (Å²) in [6.07, 6.45) is 1.61. The summed E-state index contributed by atoms with van der Waals surface area (Å²) < 4.78 is 2.33. The number of carbonyl (C=O) groups is 1. The van der Waals surface area contributed by atoms with Crippen LogP contribution in [0.5, 0.6) is 0 Å². The molecule has 0 atom stereocenters. The number of benzene rings is 2. The Balaban J connectivity index is 2.08. The third-order valence-corrected chi connectivity index (χ3v) is 3.80. The second-order valence-electron chi connectivity index (χ2n) is 4.53. The van der Waals surface area contributed by atoms with E-state index in [1.807, 2.05) is 30.3 Å². The summed E-state index contributed by atoms with van der Waals surface area (Å²) in [4.78, 5) is 12.7. The topological polar surface area (TPSA) is 60.9 Å². The highest BCUT2D eigenvalue weighted by atomic mass is 79.9. The van der Waals surface area contributed by atoms with E-state index in [0.717, 1.165) is 5.69 Å². The van der Waals surface area contributed by atoms with Crippen LogP contribution < -0.4 is 5.73 Å². The van der Waals surface area contributed by atoms with Crippen LogP contribution in [0.25, 0.3) is 5.69 Å². The zero-order valence-corrected chi connectivity index (χ0v) is 12.6. The normalized spacial score (nSPS) is 10.5. The number of halogens is 1. The van der Waals surface area contributed by atoms with Crippen LogP contribution >= 0.6 is 15.9 Å². The minimum atomic E-state index is -0.129. The number of nitrogens with zero attached hydrogens (tertiary/aromatic N) is 2. The number of anilines is 1. The second kappa shape index (κ2) is 5.54. The van der Waals surface area contributed by atoms with Crippen LogP contribution in [0.3, 0.4) is 0 Å². The van der Waals surface area contributed by atoms with Crippen molar-refractivity contribution in [3.63, 3.8) is 0 Å². The van der Waals surface area contributed by atoms with E-state index in [4.69, 9.17) is 5.73 Å². The van der Waals surface area contributed by atoms with Crippen LogP contribution in [-0.2, 0) is 0 Å². The van der Waals surface area contributed by atoms with Gasteiger partial charge < -0.3 is 5.73 Å². The van der Waals surface area contributed by atoms with Gasteiger partial charge in [-0.25, -0.2) is 4.68 Å². The number of aromatic nitrogens is 2. The van der Waals surface area contributed by atoms with Gasteiger partial charge in [0.15, 0.2) is 0 Å². The predicted octanol–water partition coefficient (Wildman–Crippen LogP) is 3.45. The van der Waals surface area contributed by atoms with E-state index in [-0.39, 0.29) is 5.78 Å². The summed E-state index contributed by atoms with van der Waals surface area (Å²) in [6.45, 7) is 0. The van der Waals surface area contributed by atoms with E-state index in [1.165, 1.54) is 0 Å². The van der Waals surface area contributed by atoms with Crippen molar-refractivity contribution in [2.45, 2.75) is 0 Å². The Kier molecular flexibility index (Phi) is 3.58. The minimum absolute atomic E-state index is 0.129. The number of rotatable bonds is 3. The molecule has 5 heteroatoms. The zero-order chi connectivity index (χ0) is 14.8. The number of carbonyl (C=O) groups excluding carboxylic acids is 1. The van der Waals surface area contributed by atoms with Gasteiger partial charge in [-0.05, 0) is 36.4 Å². The molecular weight excluding hydrogens is 330 g/mol. The smallest absolute Gasteiger partial charge is 0.212 e. The number of nitrogens with two attached hydrogens (primary N) is 1. The van der Waals surface area contributed by atoms with E-state index >= 15 is 0 Å². The molecule has 2 aromatic carbocycles. The van der Waals surface area contributed by atoms with Crippen LogP contribution in [-0.4, -0.2) is 15.6 Å². The van der Waals surface area contributed by atoms with Gasteiger partial charge in [0.25, 0.3) is 0 Å². The average Bonchev–Trinajstić information content (AvgIpc) is 2.99. The van der Waals surface area contributed by atoms with Gasteiger partial charge in [0.2, 0.25) is 5.78 Å². The molecular formula is C16H12BrN3O. The fourth-order valence-electron chi connectivity index (χ4n) is 2.11. The summed E-state index contributed by atoms with van der Waals surface area (Å²) >= 11 is 3.39. The first kappa shape index (κ1) is 13.6. The van der Waals surface area contributed by atoms with E-state index < -0.39 is 0 Å². The maximum atomic E-state index is 12.7. The van der Waals surface area contributed by atoms with Gasteiger partial charge in [0.05, 0.1) is 11.9 Å². The molecule has 0 radical (unpaired) electrons. The maximum absolute atomic E-state index is 12.7. The largest absolute Gasteiger partial charge is 0.399 e. The molecule has 0 aliphatic heterocycles. The summed E-state index contributed by atoms with van der Waals surface area (Å²) in [5, 5.41) is 4.23. The Hall–Kier alpha value is -2.40. The molecule has 2 N–H and O–H groups in total. The highest BCUT2D eigenvalue weighted by molar-refractivity contribution is 9.10. The summed E-state index contributed by atoms with van der Waals surface area (Å²) in [6, 6.07) is 16.4. The molecule has 0 aliphatic carbocycles. The number of nitrogen functional groups attached to an aromatic ring is 1. The lowest BCUT2D eigenvalue weighted by atomic mass is 10.1. The van der Waals surface area contributed by atoms with E-state index in [0.29, 0.717) is 21.4 Å². The zero-order valence-electron chi connectivity index (χ0n) is 11.0. The Bertz CT molecular complexity index is 796. The first-order valence-corrected chi connectivity index (χ1v) is 7.15. The number of hydrogen-bond donors (Lipinski definition) is 1. The molecule has 4 nitrogen and oxygen atoms in total. The minimum Gasteiger partial charge on any atom is -0.399 e. The van der Waals surface area contributed by atoms with Gasteiger partial charge in [0, 0.05) is 15.7 Å². The summed E-state index contributed by atoms with van der Waals surface area (Å²) in [5.74, 6) is -0.129. The van der Waals surface area contributed by atoms with Crippen molar-refractivity contribution in [3.05, 3.63) is 76.5 Å². The van der Waals surface area contributed by atoms with E-state index in [9.17, 15) is 4.79 Å². The molecule has 0 amide bonds. The lowest BCUT2D eigenvalue weighted by Crippen LogP contribution is -2.11. The van der Waals surface area contributed by atoms with Gasteiger partial charge in [0.1, 0.15) is 5.69 Å². The Morgan fingerprint density at radius 2 is 1.86 bits per heavy atom. The van der Waals surface area contributed by atoms with Crippen molar-refractivity contribution in [3.8, 4) is 5.69 Å². The first-order chi connectivity index (χ1) is 10.2. The van der Waals surface area contributed by atoms with Gasteiger partial charge in [-0.1, -0.05) is 34.1 Å². The summed E-state index contributed by atoms with van der Waals surface area (Å²) in [7, 11) is 0. The lowest BCUT2D eigenvalue weighted by molar-refractivity contribution is 0.103. The maximum Gasteiger partial charge on any atom is 0.212 e. The van der Waals surface area contributed by atoms with Gasteiger partial charge in [-0.2, -0.15) is 5.10 Å². The highest BCUT2D eigenvalue weighted by Crippen LogP contribution is 2.23. The lowest BCUT2D eigenvalue weighted by Gasteiger charge is -2.08. The van der Waals surface area contributed by atoms with Crippen LogP contribution in [0, 0.1) is 0 Å². The third-order valence-electron chi connectivity index (χ3n) is 3.11. The monoisotopic (exact) mass is 341 g/mol. The molecule has 21 heavy (non-hydrogen) atoms. The van der Waals surface area contributed by atoms with Crippen molar-refractivity contribution in [1.29, 1.82) is 0 Å². The van der Waals surface area contributed by atoms with Crippen molar-refractivity contribution < 1.29 is 4.79 Å². The number of hydrogen-bond acceptors (Lipinski definition) is 3. The Morgan fingerprint density at radius 3 is 2.62 bits per heavy atom. The van der Waals surface area contributed by atoms with Gasteiger partial charge >= 0.3 is 0 Å². The molecule has 0 saturated heterocycles. The SMILES string of the molecule is Nc1ccc(Br)c(C(=O)c2ccnn2-c2ccccc2)c1. The molecule has 0 spiro atoms. The van der Waals surface area contributed by atoms with Crippen LogP contribution in [0.15, 0.2) is 65.3 Å². The number of para-hydroxylation sites is 1. The molecule has 0 bridgehead atoms. The van der Waals surface area contributed by atoms with Crippen LogP contribution in [0.2, 0.25) is 0 Å². The van der Waals surface area contributed by atoms with Crippen LogP contribution in [0.4, 0.5) is 5.69 Å². The fraction of sp³-hybridized carbons (Fsp3) is 0. The standard InChI is InChI=1S/C16H12BrN3O/c17-14-7-6-11(18)10-13(14)16(21)15-8-9-19-20(15)12-4-2-1-3-5-12/h1-10H,18H2. The van der Waals surface area contributed by atoms with E-state index in [1.54, 1.807) is 35.1 Å². The van der Waals surface area contributed by atoms with Crippen molar-refractivity contribution >= 4 is 27.4 Å². The summed E-state index contributed by atoms with van der Waals surface area (Å²) in [5.41, 5.74) is 8.17. The Labute approximate surface area is 130 Å². The molecule has 104 valence electrons. The fourth-order valence-corrected chi connectivity index (χ4v) is 2.53. The molecule has 0 saturated carbocycles. The van der Waals surface area contributed by atoms with Gasteiger partial charge in [-0.3, -0.25) is 4.79 Å². The average molecular weight is 342 g/mol. The van der Waals surface area contributed by atoms with Crippen LogP contribution in [0.1, 0.15) is 16.1 Å². The quantitative estimate of drug-likeness (QED) is 0.586. The predicted molar refractivity (Wildman–Crippen MR) is 85.6 cm³/mol. The molecule has 0 fully saturated rings. The Morgan fingerprint density at radius 1 is 1.10 bits per heavy atom. The van der Waals surface area contributed by atoms with Crippen molar-refractivity contribution in [1.82, 2.24) is 9.78 Å². The molecule has 0 unspecified atom stereocenters. The first-order valence-electron chi connectivity index (χ1n) is 6.36. The highest BCUT2D eigenvalue weighted by Gasteiger charge is 2.18. The molecule has 0 aliphatic rings. The molecule has 1 heterocycles. The van der Waals surface area contributed by atoms with E-state index in [2.05, 4.69) is 21.0 Å².